The Morgan fingerprint density at radius 1 is 1.31 bits per heavy atom. The third-order valence-corrected chi connectivity index (χ3v) is 3.12. The summed E-state index contributed by atoms with van der Waals surface area (Å²) in [5.41, 5.74) is 2.29. The first-order chi connectivity index (χ1) is 7.42. The normalized spacial score (nSPS) is 24.1. The Balaban J connectivity index is 2.45. The predicted octanol–water partition coefficient (Wildman–Crippen LogP) is 1.54. The van der Waals surface area contributed by atoms with Crippen LogP contribution in [0, 0.1) is 13.8 Å². The molecule has 1 heterocycles. The summed E-state index contributed by atoms with van der Waals surface area (Å²) >= 11 is 0. The largest absolute Gasteiger partial charge is 0.507 e. The molecule has 1 atom stereocenters. The fourth-order valence-corrected chi connectivity index (χ4v) is 2.04. The van der Waals surface area contributed by atoms with E-state index in [0.29, 0.717) is 12.3 Å². The van der Waals surface area contributed by atoms with Crippen LogP contribution in [-0.4, -0.2) is 17.7 Å². The van der Waals surface area contributed by atoms with Crippen LogP contribution < -0.4 is 10.6 Å². The molecule has 0 aliphatic carbocycles. The molecule has 1 saturated heterocycles. The number of rotatable bonds is 1. The van der Waals surface area contributed by atoms with Gasteiger partial charge in [0.2, 0.25) is 0 Å². The van der Waals surface area contributed by atoms with E-state index in [1.54, 1.807) is 0 Å². The molecule has 0 aromatic heterocycles. The molecule has 1 fully saturated rings. The Morgan fingerprint density at radius 2 is 1.88 bits per heavy atom. The first-order valence-electron chi connectivity index (χ1n) is 5.29. The molecule has 1 aliphatic heterocycles. The van der Waals surface area contributed by atoms with Crippen LogP contribution in [0.1, 0.15) is 23.6 Å². The molecule has 1 unspecified atom stereocenters. The topological polar surface area (TPSA) is 61.4 Å². The average molecular weight is 220 g/mol. The second-order valence-electron chi connectivity index (χ2n) is 4.60. The number of phenolic OH excluding ortho intramolecular Hbond substituents is 1. The van der Waals surface area contributed by atoms with Crippen LogP contribution in [-0.2, 0) is 5.54 Å². The van der Waals surface area contributed by atoms with Crippen molar-refractivity contribution in [1.29, 1.82) is 0 Å². The molecule has 0 bridgehead atoms. The quantitative estimate of drug-likeness (QED) is 0.672. The number of phenols is 1. The first kappa shape index (κ1) is 10.8. The third kappa shape index (κ3) is 1.60. The lowest BCUT2D eigenvalue weighted by molar-refractivity contribution is 0.245. The lowest BCUT2D eigenvalue weighted by Gasteiger charge is -2.24. The Kier molecular flexibility index (Phi) is 2.30. The molecular formula is C12H16N2O2. The zero-order chi connectivity index (χ0) is 11.9. The van der Waals surface area contributed by atoms with Gasteiger partial charge in [-0.2, -0.15) is 0 Å². The summed E-state index contributed by atoms with van der Waals surface area (Å²) in [5.74, 6) is 0.324. The van der Waals surface area contributed by atoms with Crippen LogP contribution in [0.25, 0.3) is 0 Å². The SMILES string of the molecule is Cc1cc(C2(C)CNC(=O)N2)cc(C)c1O. The Morgan fingerprint density at radius 3 is 2.31 bits per heavy atom. The summed E-state index contributed by atoms with van der Waals surface area (Å²) in [6, 6.07) is 3.68. The van der Waals surface area contributed by atoms with E-state index in [1.165, 1.54) is 0 Å². The Hall–Kier alpha value is -1.71. The number of benzene rings is 1. The first-order valence-corrected chi connectivity index (χ1v) is 5.29. The van der Waals surface area contributed by atoms with Gasteiger partial charge in [-0.25, -0.2) is 4.79 Å². The van der Waals surface area contributed by atoms with E-state index in [9.17, 15) is 9.90 Å². The van der Waals surface area contributed by atoms with Gasteiger partial charge in [-0.05, 0) is 49.6 Å². The van der Waals surface area contributed by atoms with Crippen molar-refractivity contribution in [2.75, 3.05) is 6.54 Å². The number of carbonyl (C=O) groups excluding carboxylic acids is 1. The van der Waals surface area contributed by atoms with Crippen molar-refractivity contribution in [2.45, 2.75) is 26.3 Å². The van der Waals surface area contributed by atoms with Gasteiger partial charge in [0.1, 0.15) is 5.75 Å². The molecule has 2 amide bonds. The van der Waals surface area contributed by atoms with Crippen molar-refractivity contribution in [2.24, 2.45) is 0 Å². The van der Waals surface area contributed by atoms with E-state index in [-0.39, 0.29) is 11.6 Å². The third-order valence-electron chi connectivity index (χ3n) is 3.12. The number of aromatic hydroxyl groups is 1. The smallest absolute Gasteiger partial charge is 0.315 e. The predicted molar refractivity (Wildman–Crippen MR) is 61.5 cm³/mol. The number of nitrogens with one attached hydrogen (secondary N) is 2. The Bertz CT molecular complexity index is 433. The van der Waals surface area contributed by atoms with Crippen molar-refractivity contribution in [3.63, 3.8) is 0 Å². The molecule has 16 heavy (non-hydrogen) atoms. The van der Waals surface area contributed by atoms with Crippen molar-refractivity contribution in [3.05, 3.63) is 28.8 Å². The highest BCUT2D eigenvalue weighted by Gasteiger charge is 2.34. The summed E-state index contributed by atoms with van der Waals surface area (Å²) in [6.07, 6.45) is 0. The Labute approximate surface area is 94.7 Å². The van der Waals surface area contributed by atoms with Gasteiger partial charge >= 0.3 is 6.03 Å². The number of urea groups is 1. The van der Waals surface area contributed by atoms with Crippen LogP contribution >= 0.6 is 0 Å². The standard InChI is InChI=1S/C12H16N2O2/c1-7-4-9(5-8(2)10(7)15)12(3)6-13-11(16)14-12/h4-5,15H,6H2,1-3H3,(H2,13,14,16). The van der Waals surface area contributed by atoms with Gasteiger partial charge in [0.15, 0.2) is 0 Å². The second-order valence-corrected chi connectivity index (χ2v) is 4.60. The summed E-state index contributed by atoms with van der Waals surface area (Å²) in [7, 11) is 0. The van der Waals surface area contributed by atoms with Gasteiger partial charge < -0.3 is 15.7 Å². The summed E-state index contributed by atoms with van der Waals surface area (Å²) in [6.45, 7) is 6.25. The molecular weight excluding hydrogens is 204 g/mol. The van der Waals surface area contributed by atoms with Crippen LogP contribution in [0.3, 0.4) is 0 Å². The van der Waals surface area contributed by atoms with Crippen LogP contribution in [0.4, 0.5) is 4.79 Å². The number of amides is 2. The molecule has 4 heteroatoms. The molecule has 4 nitrogen and oxygen atoms in total. The summed E-state index contributed by atoms with van der Waals surface area (Å²) < 4.78 is 0. The molecule has 0 saturated carbocycles. The lowest BCUT2D eigenvalue weighted by atomic mass is 9.90. The van der Waals surface area contributed by atoms with E-state index in [2.05, 4.69) is 10.6 Å². The highest BCUT2D eigenvalue weighted by atomic mass is 16.3. The molecule has 2 rings (SSSR count). The average Bonchev–Trinajstić information content (AvgIpc) is 2.56. The van der Waals surface area contributed by atoms with E-state index in [0.717, 1.165) is 16.7 Å². The van der Waals surface area contributed by atoms with Crippen molar-refractivity contribution < 1.29 is 9.90 Å². The molecule has 0 radical (unpaired) electrons. The maximum absolute atomic E-state index is 11.2. The van der Waals surface area contributed by atoms with Crippen LogP contribution in [0.2, 0.25) is 0 Å². The molecule has 0 spiro atoms. The maximum atomic E-state index is 11.2. The fraction of sp³-hybridized carbons (Fsp3) is 0.417. The molecule has 1 aromatic rings. The molecule has 3 N–H and O–H groups in total. The maximum Gasteiger partial charge on any atom is 0.315 e. The second kappa shape index (κ2) is 3.40. The van der Waals surface area contributed by atoms with Crippen LogP contribution in [0.5, 0.6) is 5.75 Å². The number of hydrogen-bond donors (Lipinski definition) is 3. The highest BCUT2D eigenvalue weighted by Crippen LogP contribution is 2.30. The van der Waals surface area contributed by atoms with Gasteiger partial charge in [0, 0.05) is 6.54 Å². The molecule has 1 aromatic carbocycles. The zero-order valence-corrected chi connectivity index (χ0v) is 9.72. The van der Waals surface area contributed by atoms with Gasteiger partial charge in [-0.1, -0.05) is 0 Å². The minimum Gasteiger partial charge on any atom is -0.507 e. The fourth-order valence-electron chi connectivity index (χ4n) is 2.04. The van der Waals surface area contributed by atoms with Crippen molar-refractivity contribution >= 4 is 6.03 Å². The van der Waals surface area contributed by atoms with Gasteiger partial charge in [-0.3, -0.25) is 0 Å². The zero-order valence-electron chi connectivity index (χ0n) is 9.72. The van der Waals surface area contributed by atoms with E-state index >= 15 is 0 Å². The summed E-state index contributed by atoms with van der Waals surface area (Å²) in [5, 5.41) is 15.3. The lowest BCUT2D eigenvalue weighted by Crippen LogP contribution is -2.37. The van der Waals surface area contributed by atoms with E-state index in [4.69, 9.17) is 0 Å². The van der Waals surface area contributed by atoms with Gasteiger partial charge in [0.05, 0.1) is 5.54 Å². The number of carbonyl (C=O) groups is 1. The van der Waals surface area contributed by atoms with Gasteiger partial charge in [0.25, 0.3) is 0 Å². The highest BCUT2D eigenvalue weighted by molar-refractivity contribution is 5.78. The molecule has 86 valence electrons. The van der Waals surface area contributed by atoms with E-state index < -0.39 is 0 Å². The van der Waals surface area contributed by atoms with E-state index in [1.807, 2.05) is 32.9 Å². The molecule has 1 aliphatic rings. The monoisotopic (exact) mass is 220 g/mol. The van der Waals surface area contributed by atoms with Crippen molar-refractivity contribution in [1.82, 2.24) is 10.6 Å². The summed E-state index contributed by atoms with van der Waals surface area (Å²) in [4.78, 5) is 11.2. The minimum atomic E-state index is -0.389. The van der Waals surface area contributed by atoms with Gasteiger partial charge in [-0.15, -0.1) is 0 Å². The number of hydrogen-bond acceptors (Lipinski definition) is 2. The number of aryl methyl sites for hydroxylation is 2. The van der Waals surface area contributed by atoms with Crippen molar-refractivity contribution in [3.8, 4) is 5.75 Å². The van der Waals surface area contributed by atoms with Crippen LogP contribution in [0.15, 0.2) is 12.1 Å². The minimum absolute atomic E-state index is 0.147.